The Hall–Kier alpha value is -1.55. The highest BCUT2D eigenvalue weighted by molar-refractivity contribution is 6.00. The third-order valence-corrected chi connectivity index (χ3v) is 3.28. The number of benzene rings is 1. The molecule has 1 aromatic rings. The maximum absolute atomic E-state index is 11.4. The number of nitrogen functional groups attached to an aromatic ring is 1. The minimum absolute atomic E-state index is 0.0264. The van der Waals surface area contributed by atoms with E-state index in [1.54, 1.807) is 6.92 Å². The molecule has 4 heteroatoms. The van der Waals surface area contributed by atoms with Crippen molar-refractivity contribution in [3.8, 4) is 0 Å². The van der Waals surface area contributed by atoms with Crippen LogP contribution < -0.4 is 10.6 Å². The van der Waals surface area contributed by atoms with Crippen molar-refractivity contribution >= 4 is 17.2 Å². The van der Waals surface area contributed by atoms with Crippen LogP contribution in [0.25, 0.3) is 0 Å². The van der Waals surface area contributed by atoms with Crippen molar-refractivity contribution in [2.75, 3.05) is 43.9 Å². The minimum atomic E-state index is 0.0264. The minimum Gasteiger partial charge on any atom is -0.398 e. The van der Waals surface area contributed by atoms with Crippen LogP contribution in [-0.2, 0) is 0 Å². The van der Waals surface area contributed by atoms with Crippen molar-refractivity contribution < 1.29 is 4.79 Å². The van der Waals surface area contributed by atoms with E-state index >= 15 is 0 Å². The summed E-state index contributed by atoms with van der Waals surface area (Å²) >= 11 is 0. The number of carbonyl (C=O) groups excluding carboxylic acids is 1. The molecule has 1 aliphatic heterocycles. The summed E-state index contributed by atoms with van der Waals surface area (Å²) < 4.78 is 0. The van der Waals surface area contributed by atoms with E-state index in [1.807, 2.05) is 18.2 Å². The van der Waals surface area contributed by atoms with E-state index in [0.29, 0.717) is 11.3 Å². The van der Waals surface area contributed by atoms with Crippen molar-refractivity contribution in [1.29, 1.82) is 0 Å². The Morgan fingerprint density at radius 3 is 2.47 bits per heavy atom. The number of Topliss-reactive ketones (excluding diaryl/α,β-unsaturated/α-hetero) is 1. The van der Waals surface area contributed by atoms with Crippen molar-refractivity contribution in [3.63, 3.8) is 0 Å². The summed E-state index contributed by atoms with van der Waals surface area (Å²) in [4.78, 5) is 16.0. The summed E-state index contributed by atoms with van der Waals surface area (Å²) in [7, 11) is 2.13. The quantitative estimate of drug-likeness (QED) is 0.616. The van der Waals surface area contributed by atoms with Crippen LogP contribution in [0.2, 0.25) is 0 Å². The van der Waals surface area contributed by atoms with Crippen molar-refractivity contribution in [2.24, 2.45) is 0 Å². The average molecular weight is 233 g/mol. The standard InChI is InChI=1S/C13H19N3O/c1-10(17)12-9-11(3-4-13(12)14)16-7-5-15(2)6-8-16/h3-4,9H,5-8,14H2,1-2H3. The Bertz CT molecular complexity index is 423. The van der Waals surface area contributed by atoms with Gasteiger partial charge in [0, 0.05) is 43.1 Å². The van der Waals surface area contributed by atoms with Crippen molar-refractivity contribution in [2.45, 2.75) is 6.92 Å². The number of anilines is 2. The first kappa shape index (κ1) is 11.9. The maximum Gasteiger partial charge on any atom is 0.161 e. The Kier molecular flexibility index (Phi) is 3.33. The summed E-state index contributed by atoms with van der Waals surface area (Å²) in [5.41, 5.74) is 8.08. The molecule has 1 aliphatic rings. The van der Waals surface area contributed by atoms with E-state index in [9.17, 15) is 4.79 Å². The van der Waals surface area contributed by atoms with Crippen LogP contribution >= 0.6 is 0 Å². The smallest absolute Gasteiger partial charge is 0.161 e. The summed E-state index contributed by atoms with van der Waals surface area (Å²) in [6.07, 6.45) is 0. The highest BCUT2D eigenvalue weighted by Gasteiger charge is 2.15. The largest absolute Gasteiger partial charge is 0.398 e. The van der Waals surface area contributed by atoms with E-state index in [-0.39, 0.29) is 5.78 Å². The zero-order chi connectivity index (χ0) is 12.4. The molecule has 1 saturated heterocycles. The van der Waals surface area contributed by atoms with Gasteiger partial charge in [-0.25, -0.2) is 0 Å². The van der Waals surface area contributed by atoms with Gasteiger partial charge in [-0.05, 0) is 32.2 Å². The number of nitrogens with zero attached hydrogens (tertiary/aromatic N) is 2. The second-order valence-electron chi connectivity index (χ2n) is 4.62. The molecule has 17 heavy (non-hydrogen) atoms. The molecule has 0 amide bonds. The van der Waals surface area contributed by atoms with Gasteiger partial charge in [0.25, 0.3) is 0 Å². The summed E-state index contributed by atoms with van der Waals surface area (Å²) in [6, 6.07) is 5.72. The lowest BCUT2D eigenvalue weighted by Gasteiger charge is -2.34. The topological polar surface area (TPSA) is 49.6 Å². The Balaban J connectivity index is 2.21. The fraction of sp³-hybridized carbons (Fsp3) is 0.462. The fourth-order valence-corrected chi connectivity index (χ4v) is 2.11. The molecule has 2 rings (SSSR count). The molecule has 0 unspecified atom stereocenters. The number of carbonyl (C=O) groups is 1. The molecule has 4 nitrogen and oxygen atoms in total. The van der Waals surface area contributed by atoms with Gasteiger partial charge in [0.2, 0.25) is 0 Å². The van der Waals surface area contributed by atoms with Gasteiger partial charge in [0.05, 0.1) is 0 Å². The van der Waals surface area contributed by atoms with Crippen LogP contribution in [-0.4, -0.2) is 43.9 Å². The normalized spacial score (nSPS) is 17.2. The lowest BCUT2D eigenvalue weighted by Crippen LogP contribution is -2.44. The van der Waals surface area contributed by atoms with Crippen LogP contribution in [0.1, 0.15) is 17.3 Å². The van der Waals surface area contributed by atoms with Crippen LogP contribution in [0.3, 0.4) is 0 Å². The molecule has 0 aliphatic carbocycles. The maximum atomic E-state index is 11.4. The Morgan fingerprint density at radius 2 is 1.88 bits per heavy atom. The Morgan fingerprint density at radius 1 is 1.24 bits per heavy atom. The third kappa shape index (κ3) is 2.58. The molecule has 92 valence electrons. The molecule has 1 heterocycles. The monoisotopic (exact) mass is 233 g/mol. The van der Waals surface area contributed by atoms with E-state index in [0.717, 1.165) is 31.9 Å². The first-order chi connectivity index (χ1) is 8.08. The number of ketones is 1. The van der Waals surface area contributed by atoms with Gasteiger partial charge in [-0.1, -0.05) is 0 Å². The zero-order valence-electron chi connectivity index (χ0n) is 10.4. The molecule has 0 atom stereocenters. The molecule has 1 aromatic carbocycles. The highest BCUT2D eigenvalue weighted by atomic mass is 16.1. The summed E-state index contributed by atoms with van der Waals surface area (Å²) in [5, 5.41) is 0. The Labute approximate surface area is 102 Å². The number of hydrogen-bond acceptors (Lipinski definition) is 4. The summed E-state index contributed by atoms with van der Waals surface area (Å²) in [6.45, 7) is 5.66. The molecule has 1 fully saturated rings. The van der Waals surface area contributed by atoms with Crippen LogP contribution in [0.15, 0.2) is 18.2 Å². The molecule has 0 aromatic heterocycles. The van der Waals surface area contributed by atoms with E-state index in [2.05, 4.69) is 16.8 Å². The SMILES string of the molecule is CC(=O)c1cc(N2CCN(C)CC2)ccc1N. The van der Waals surface area contributed by atoms with Crippen LogP contribution in [0, 0.1) is 0 Å². The number of rotatable bonds is 2. The van der Waals surface area contributed by atoms with Gasteiger partial charge in [-0.3, -0.25) is 4.79 Å². The van der Waals surface area contributed by atoms with Gasteiger partial charge in [-0.15, -0.1) is 0 Å². The van der Waals surface area contributed by atoms with Crippen molar-refractivity contribution in [1.82, 2.24) is 4.90 Å². The van der Waals surface area contributed by atoms with Crippen molar-refractivity contribution in [3.05, 3.63) is 23.8 Å². The number of nitrogens with two attached hydrogens (primary N) is 1. The fourth-order valence-electron chi connectivity index (χ4n) is 2.11. The van der Waals surface area contributed by atoms with Gasteiger partial charge >= 0.3 is 0 Å². The second-order valence-corrected chi connectivity index (χ2v) is 4.62. The van der Waals surface area contributed by atoms with Crippen LogP contribution in [0.4, 0.5) is 11.4 Å². The average Bonchev–Trinajstić information content (AvgIpc) is 2.30. The number of piperazine rings is 1. The predicted molar refractivity (Wildman–Crippen MR) is 70.6 cm³/mol. The number of likely N-dealkylation sites (N-methyl/N-ethyl adjacent to an activating group) is 1. The first-order valence-corrected chi connectivity index (χ1v) is 5.92. The predicted octanol–water partition coefficient (Wildman–Crippen LogP) is 1.22. The second kappa shape index (κ2) is 4.75. The van der Waals surface area contributed by atoms with E-state index < -0.39 is 0 Å². The molecule has 0 spiro atoms. The molecule has 2 N–H and O–H groups in total. The van der Waals surface area contributed by atoms with E-state index in [1.165, 1.54) is 0 Å². The van der Waals surface area contributed by atoms with Crippen LogP contribution in [0.5, 0.6) is 0 Å². The molecule has 0 saturated carbocycles. The molecular formula is C13H19N3O. The highest BCUT2D eigenvalue weighted by Crippen LogP contribution is 2.22. The van der Waals surface area contributed by atoms with E-state index in [4.69, 9.17) is 5.73 Å². The number of hydrogen-bond donors (Lipinski definition) is 1. The zero-order valence-corrected chi connectivity index (χ0v) is 10.4. The van der Waals surface area contributed by atoms with Gasteiger partial charge in [-0.2, -0.15) is 0 Å². The lowest BCUT2D eigenvalue weighted by molar-refractivity contribution is 0.101. The summed E-state index contributed by atoms with van der Waals surface area (Å²) in [5.74, 6) is 0.0264. The molecule has 0 radical (unpaired) electrons. The molecular weight excluding hydrogens is 214 g/mol. The third-order valence-electron chi connectivity index (χ3n) is 3.28. The molecule has 0 bridgehead atoms. The van der Waals surface area contributed by atoms with Gasteiger partial charge < -0.3 is 15.5 Å². The first-order valence-electron chi connectivity index (χ1n) is 5.92. The van der Waals surface area contributed by atoms with Gasteiger partial charge in [0.15, 0.2) is 5.78 Å². The van der Waals surface area contributed by atoms with Gasteiger partial charge in [0.1, 0.15) is 0 Å². The lowest BCUT2D eigenvalue weighted by atomic mass is 10.1.